The maximum absolute atomic E-state index is 11.7. The fourth-order valence-corrected chi connectivity index (χ4v) is 3.14. The van der Waals surface area contributed by atoms with Gasteiger partial charge in [-0.1, -0.05) is 13.8 Å². The minimum absolute atomic E-state index is 0.0777. The molecule has 0 atom stereocenters. The number of aromatic nitrogens is 2. The number of nitrogens with zero attached hydrogens (tertiary/aromatic N) is 3. The molecule has 0 spiro atoms. The van der Waals surface area contributed by atoms with Gasteiger partial charge in [0.05, 0.1) is 22.6 Å². The Morgan fingerprint density at radius 2 is 1.88 bits per heavy atom. The summed E-state index contributed by atoms with van der Waals surface area (Å²) in [5.74, 6) is -0.608. The second kappa shape index (κ2) is 6.11. The number of amides is 1. The zero-order chi connectivity index (χ0) is 17.4. The summed E-state index contributed by atoms with van der Waals surface area (Å²) in [6, 6.07) is 6.73. The molecule has 1 amide bonds. The van der Waals surface area contributed by atoms with E-state index in [0.29, 0.717) is 13.1 Å². The zero-order valence-corrected chi connectivity index (χ0v) is 14.1. The Balaban J connectivity index is 2.05. The van der Waals surface area contributed by atoms with Crippen LogP contribution < -0.4 is 0 Å². The first-order chi connectivity index (χ1) is 11.4. The summed E-state index contributed by atoms with van der Waals surface area (Å²) in [6.45, 7) is 7.04. The summed E-state index contributed by atoms with van der Waals surface area (Å²) in [7, 11) is 0. The number of hydrogen-bond acceptors (Lipinski definition) is 3. The SMILES string of the molecule is CC(=O)N1CCc2c(c(C(C)C)nn2-c2ccc(C(=O)O)cc2)C1. The summed E-state index contributed by atoms with van der Waals surface area (Å²) in [4.78, 5) is 24.6. The van der Waals surface area contributed by atoms with Crippen LogP contribution in [-0.4, -0.2) is 38.2 Å². The van der Waals surface area contributed by atoms with Crippen LogP contribution in [0.1, 0.15) is 54.0 Å². The van der Waals surface area contributed by atoms with E-state index in [4.69, 9.17) is 10.2 Å². The molecule has 3 rings (SSSR count). The van der Waals surface area contributed by atoms with E-state index in [-0.39, 0.29) is 17.4 Å². The van der Waals surface area contributed by atoms with Gasteiger partial charge in [0, 0.05) is 32.0 Å². The van der Waals surface area contributed by atoms with Crippen LogP contribution in [0.25, 0.3) is 5.69 Å². The first-order valence-corrected chi connectivity index (χ1v) is 8.08. The average molecular weight is 327 g/mol. The first kappa shape index (κ1) is 16.2. The number of aromatic carboxylic acids is 1. The molecule has 0 radical (unpaired) electrons. The number of hydrogen-bond donors (Lipinski definition) is 1. The van der Waals surface area contributed by atoms with Crippen molar-refractivity contribution < 1.29 is 14.7 Å². The number of benzene rings is 1. The van der Waals surface area contributed by atoms with Crippen LogP contribution in [0.5, 0.6) is 0 Å². The van der Waals surface area contributed by atoms with Crippen molar-refractivity contribution >= 4 is 11.9 Å². The lowest BCUT2D eigenvalue weighted by Crippen LogP contribution is -2.34. The van der Waals surface area contributed by atoms with E-state index in [0.717, 1.165) is 29.1 Å². The van der Waals surface area contributed by atoms with Crippen LogP contribution in [0.15, 0.2) is 24.3 Å². The summed E-state index contributed by atoms with van der Waals surface area (Å²) in [6.07, 6.45) is 0.745. The minimum Gasteiger partial charge on any atom is -0.478 e. The minimum atomic E-state index is -0.941. The van der Waals surface area contributed by atoms with Crippen molar-refractivity contribution in [3.63, 3.8) is 0 Å². The van der Waals surface area contributed by atoms with Gasteiger partial charge < -0.3 is 10.0 Å². The number of carboxylic acids is 1. The molecule has 6 nitrogen and oxygen atoms in total. The van der Waals surface area contributed by atoms with Gasteiger partial charge in [0.2, 0.25) is 5.91 Å². The molecule has 0 unspecified atom stereocenters. The van der Waals surface area contributed by atoms with Gasteiger partial charge in [-0.2, -0.15) is 5.10 Å². The normalized spacial score (nSPS) is 13.9. The summed E-state index contributed by atoms with van der Waals surface area (Å²) >= 11 is 0. The number of rotatable bonds is 3. The predicted molar refractivity (Wildman–Crippen MR) is 89.4 cm³/mol. The third kappa shape index (κ3) is 2.79. The predicted octanol–water partition coefficient (Wildman–Crippen LogP) is 2.60. The molecule has 2 heterocycles. The molecule has 0 fully saturated rings. The molecule has 1 aliphatic heterocycles. The van der Waals surface area contributed by atoms with Crippen molar-refractivity contribution in [2.24, 2.45) is 0 Å². The van der Waals surface area contributed by atoms with Gasteiger partial charge in [0.1, 0.15) is 0 Å². The monoisotopic (exact) mass is 327 g/mol. The number of carboxylic acid groups (broad SMARTS) is 1. The van der Waals surface area contributed by atoms with Crippen molar-refractivity contribution in [3.8, 4) is 5.69 Å². The van der Waals surface area contributed by atoms with Gasteiger partial charge in [0.25, 0.3) is 0 Å². The van der Waals surface area contributed by atoms with Gasteiger partial charge in [0.15, 0.2) is 0 Å². The Bertz CT molecular complexity index is 791. The second-order valence-electron chi connectivity index (χ2n) is 6.42. The van der Waals surface area contributed by atoms with Crippen molar-refractivity contribution in [2.75, 3.05) is 6.54 Å². The lowest BCUT2D eigenvalue weighted by atomic mass is 9.99. The molecule has 0 bridgehead atoms. The van der Waals surface area contributed by atoms with Gasteiger partial charge in [-0.25, -0.2) is 9.48 Å². The quantitative estimate of drug-likeness (QED) is 0.940. The summed E-state index contributed by atoms with van der Waals surface area (Å²) in [5.41, 5.74) is 4.33. The van der Waals surface area contributed by atoms with E-state index < -0.39 is 5.97 Å². The van der Waals surface area contributed by atoms with Gasteiger partial charge in [-0.15, -0.1) is 0 Å². The molecule has 126 valence electrons. The largest absolute Gasteiger partial charge is 0.478 e. The standard InChI is InChI=1S/C18H21N3O3/c1-11(2)17-15-10-20(12(3)22)9-8-16(15)21(19-17)14-6-4-13(5-7-14)18(23)24/h4-7,11H,8-10H2,1-3H3,(H,23,24). The molecule has 1 N–H and O–H groups in total. The summed E-state index contributed by atoms with van der Waals surface area (Å²) in [5, 5.41) is 13.8. The van der Waals surface area contributed by atoms with Crippen LogP contribution >= 0.6 is 0 Å². The Morgan fingerprint density at radius 3 is 2.42 bits per heavy atom. The molecule has 2 aromatic rings. The molecular weight excluding hydrogens is 306 g/mol. The first-order valence-electron chi connectivity index (χ1n) is 8.08. The summed E-state index contributed by atoms with van der Waals surface area (Å²) < 4.78 is 1.90. The third-order valence-corrected chi connectivity index (χ3v) is 4.44. The maximum Gasteiger partial charge on any atom is 0.335 e. The molecule has 6 heteroatoms. The van der Waals surface area contributed by atoms with Crippen LogP contribution in [0.3, 0.4) is 0 Å². The van der Waals surface area contributed by atoms with E-state index in [1.807, 2.05) is 9.58 Å². The number of carbonyl (C=O) groups excluding carboxylic acids is 1. The smallest absolute Gasteiger partial charge is 0.335 e. The Hall–Kier alpha value is -2.63. The van der Waals surface area contributed by atoms with Crippen LogP contribution in [-0.2, 0) is 17.8 Å². The highest BCUT2D eigenvalue weighted by atomic mass is 16.4. The topological polar surface area (TPSA) is 75.4 Å². The molecular formula is C18H21N3O3. The van der Waals surface area contributed by atoms with E-state index in [2.05, 4.69) is 13.8 Å². The fraction of sp³-hybridized carbons (Fsp3) is 0.389. The van der Waals surface area contributed by atoms with Crippen LogP contribution in [0, 0.1) is 0 Å². The Labute approximate surface area is 140 Å². The molecule has 1 aliphatic rings. The lowest BCUT2D eigenvalue weighted by Gasteiger charge is -2.27. The van der Waals surface area contributed by atoms with E-state index in [1.54, 1.807) is 31.2 Å². The highest BCUT2D eigenvalue weighted by Gasteiger charge is 2.27. The zero-order valence-electron chi connectivity index (χ0n) is 14.1. The van der Waals surface area contributed by atoms with Crippen molar-refractivity contribution in [3.05, 3.63) is 46.8 Å². The van der Waals surface area contributed by atoms with E-state index in [1.165, 1.54) is 0 Å². The van der Waals surface area contributed by atoms with Crippen molar-refractivity contribution in [1.29, 1.82) is 0 Å². The Kier molecular flexibility index (Phi) is 4.13. The van der Waals surface area contributed by atoms with E-state index in [9.17, 15) is 9.59 Å². The maximum atomic E-state index is 11.7. The molecule has 0 aliphatic carbocycles. The molecule has 0 saturated carbocycles. The number of carbonyl (C=O) groups is 2. The fourth-order valence-electron chi connectivity index (χ4n) is 3.14. The molecule has 1 aromatic heterocycles. The molecule has 1 aromatic carbocycles. The number of fused-ring (bicyclic) bond motifs is 1. The lowest BCUT2D eigenvalue weighted by molar-refractivity contribution is -0.129. The van der Waals surface area contributed by atoms with Gasteiger partial charge in [-0.05, 0) is 30.2 Å². The third-order valence-electron chi connectivity index (χ3n) is 4.44. The van der Waals surface area contributed by atoms with Gasteiger partial charge >= 0.3 is 5.97 Å². The average Bonchev–Trinajstić information content (AvgIpc) is 2.93. The van der Waals surface area contributed by atoms with Crippen molar-refractivity contribution in [1.82, 2.24) is 14.7 Å². The Morgan fingerprint density at radius 1 is 1.21 bits per heavy atom. The van der Waals surface area contributed by atoms with Crippen LogP contribution in [0.2, 0.25) is 0 Å². The van der Waals surface area contributed by atoms with Gasteiger partial charge in [-0.3, -0.25) is 4.79 Å². The second-order valence-corrected chi connectivity index (χ2v) is 6.42. The molecule has 0 saturated heterocycles. The highest BCUT2D eigenvalue weighted by molar-refractivity contribution is 5.87. The molecule has 24 heavy (non-hydrogen) atoms. The van der Waals surface area contributed by atoms with Crippen LogP contribution in [0.4, 0.5) is 0 Å². The van der Waals surface area contributed by atoms with Crippen molar-refractivity contribution in [2.45, 2.75) is 39.7 Å². The highest BCUT2D eigenvalue weighted by Crippen LogP contribution is 2.29. The van der Waals surface area contributed by atoms with E-state index >= 15 is 0 Å².